The topological polar surface area (TPSA) is 35.5 Å². The molecule has 0 N–H and O–H groups in total. The van der Waals surface area contributed by atoms with E-state index < -0.39 is 0 Å². The molecule has 0 aliphatic heterocycles. The van der Waals surface area contributed by atoms with Crippen LogP contribution in [0.15, 0.2) is 36.4 Å². The first-order valence-electron chi connectivity index (χ1n) is 12.1. The second-order valence-corrected chi connectivity index (χ2v) is 10.3. The zero-order chi connectivity index (χ0) is 22.4. The lowest BCUT2D eigenvalue weighted by Gasteiger charge is -2.37. The molecule has 0 aromatic heterocycles. The highest BCUT2D eigenvalue weighted by atomic mass is 16.5. The smallest absolute Gasteiger partial charge is 0.308 e. The van der Waals surface area contributed by atoms with Crippen LogP contribution in [0.1, 0.15) is 78.2 Å². The zero-order valence-corrected chi connectivity index (χ0v) is 20.1. The summed E-state index contributed by atoms with van der Waals surface area (Å²) in [5.74, 6) is 1.73. The number of carbonyl (C=O) groups is 1. The first kappa shape index (κ1) is 23.6. The summed E-state index contributed by atoms with van der Waals surface area (Å²) in [5, 5.41) is 2.48. The molecule has 3 rings (SSSR count). The maximum atomic E-state index is 11.8. The van der Waals surface area contributed by atoms with Gasteiger partial charge in [0.15, 0.2) is 0 Å². The fraction of sp³-hybridized carbons (Fsp3) is 0.607. The van der Waals surface area contributed by atoms with Crippen molar-refractivity contribution in [2.75, 3.05) is 7.11 Å². The predicted molar refractivity (Wildman–Crippen MR) is 129 cm³/mol. The molecule has 1 aliphatic rings. The maximum absolute atomic E-state index is 11.8. The molecule has 0 radical (unpaired) electrons. The average Bonchev–Trinajstić information content (AvgIpc) is 2.76. The molecule has 0 bridgehead atoms. The Labute approximate surface area is 188 Å². The van der Waals surface area contributed by atoms with E-state index >= 15 is 0 Å². The van der Waals surface area contributed by atoms with Gasteiger partial charge in [0.05, 0.1) is 19.1 Å². The third-order valence-corrected chi connectivity index (χ3v) is 7.12. The predicted octanol–water partition coefficient (Wildman–Crippen LogP) is 7.35. The molecule has 1 fully saturated rings. The van der Waals surface area contributed by atoms with Crippen molar-refractivity contribution in [3.63, 3.8) is 0 Å². The SMILES string of the molecule is CCC(CCCc1ccc2cc(OC3CCC(C(C)(C)C)CC3)ccc2c1)C(=O)OC. The normalized spacial score (nSPS) is 20.4. The van der Waals surface area contributed by atoms with E-state index in [9.17, 15) is 4.79 Å². The molecule has 1 saturated carbocycles. The molecule has 170 valence electrons. The van der Waals surface area contributed by atoms with E-state index in [1.54, 1.807) is 0 Å². The number of hydrogen-bond acceptors (Lipinski definition) is 3. The van der Waals surface area contributed by atoms with Crippen LogP contribution >= 0.6 is 0 Å². The lowest BCUT2D eigenvalue weighted by molar-refractivity contribution is -0.145. The summed E-state index contributed by atoms with van der Waals surface area (Å²) >= 11 is 0. The number of benzene rings is 2. The standard InChI is InChI=1S/C28H40O3/c1-6-21(27(29)30-5)9-7-8-20-10-11-23-19-26(15-12-22(23)18-20)31-25-16-13-24(14-17-25)28(2,3)4/h10-12,15,18-19,21,24-25H,6-9,13-14,16-17H2,1-5H3. The quantitative estimate of drug-likeness (QED) is 0.416. The third kappa shape index (κ3) is 6.48. The van der Waals surface area contributed by atoms with E-state index in [0.29, 0.717) is 11.5 Å². The monoisotopic (exact) mass is 424 g/mol. The Morgan fingerprint density at radius 1 is 1.03 bits per heavy atom. The lowest BCUT2D eigenvalue weighted by Crippen LogP contribution is -2.30. The van der Waals surface area contributed by atoms with Crippen molar-refractivity contribution in [3.05, 3.63) is 42.0 Å². The number of ether oxygens (including phenoxy) is 2. The van der Waals surface area contributed by atoms with Crippen LogP contribution in [0.3, 0.4) is 0 Å². The van der Waals surface area contributed by atoms with E-state index in [2.05, 4.69) is 57.2 Å². The van der Waals surface area contributed by atoms with Crippen molar-refractivity contribution in [1.82, 2.24) is 0 Å². The van der Waals surface area contributed by atoms with Gasteiger partial charge in [0.2, 0.25) is 0 Å². The van der Waals surface area contributed by atoms with Gasteiger partial charge in [-0.2, -0.15) is 0 Å². The second-order valence-electron chi connectivity index (χ2n) is 10.3. The Balaban J connectivity index is 1.55. The largest absolute Gasteiger partial charge is 0.490 e. The molecule has 0 saturated heterocycles. The van der Waals surface area contributed by atoms with Crippen molar-refractivity contribution < 1.29 is 14.3 Å². The molecule has 3 heteroatoms. The maximum Gasteiger partial charge on any atom is 0.308 e. The van der Waals surface area contributed by atoms with Gasteiger partial charge >= 0.3 is 5.97 Å². The van der Waals surface area contributed by atoms with Crippen LogP contribution in [-0.4, -0.2) is 19.2 Å². The van der Waals surface area contributed by atoms with Gasteiger partial charge in [-0.3, -0.25) is 4.79 Å². The van der Waals surface area contributed by atoms with E-state index in [0.717, 1.165) is 50.2 Å². The van der Waals surface area contributed by atoms with Crippen LogP contribution in [0.5, 0.6) is 5.75 Å². The molecule has 0 heterocycles. The summed E-state index contributed by atoms with van der Waals surface area (Å²) in [6.45, 7) is 9.13. The second kappa shape index (κ2) is 10.5. The van der Waals surface area contributed by atoms with Crippen molar-refractivity contribution in [2.45, 2.75) is 85.2 Å². The van der Waals surface area contributed by atoms with Crippen LogP contribution in [-0.2, 0) is 16.0 Å². The van der Waals surface area contributed by atoms with Gasteiger partial charge in [-0.25, -0.2) is 0 Å². The lowest BCUT2D eigenvalue weighted by atomic mass is 9.72. The summed E-state index contributed by atoms with van der Waals surface area (Å²) in [4.78, 5) is 11.8. The summed E-state index contributed by atoms with van der Waals surface area (Å²) in [6, 6.07) is 13.2. The minimum absolute atomic E-state index is 0.0172. The Morgan fingerprint density at radius 3 is 2.35 bits per heavy atom. The molecule has 2 aromatic carbocycles. The fourth-order valence-electron chi connectivity index (χ4n) is 4.95. The van der Waals surface area contributed by atoms with Gasteiger partial charge in [-0.05, 0) is 91.2 Å². The number of hydrogen-bond donors (Lipinski definition) is 0. The Hall–Kier alpha value is -2.03. The molecule has 1 unspecified atom stereocenters. The number of fused-ring (bicyclic) bond motifs is 1. The number of carbonyl (C=O) groups excluding carboxylic acids is 1. The van der Waals surface area contributed by atoms with Crippen molar-refractivity contribution in [2.24, 2.45) is 17.3 Å². The van der Waals surface area contributed by atoms with Gasteiger partial charge in [-0.1, -0.05) is 52.0 Å². The number of esters is 1. The molecule has 3 nitrogen and oxygen atoms in total. The first-order valence-corrected chi connectivity index (χ1v) is 12.1. The Kier molecular flexibility index (Phi) is 8.02. The molecular weight excluding hydrogens is 384 g/mol. The molecule has 0 amide bonds. The van der Waals surface area contributed by atoms with Gasteiger partial charge in [0, 0.05) is 0 Å². The summed E-state index contributed by atoms with van der Waals surface area (Å²) in [7, 11) is 1.48. The molecule has 2 aromatic rings. The van der Waals surface area contributed by atoms with E-state index in [1.807, 2.05) is 6.92 Å². The minimum Gasteiger partial charge on any atom is -0.490 e. The molecule has 1 atom stereocenters. The zero-order valence-electron chi connectivity index (χ0n) is 20.1. The third-order valence-electron chi connectivity index (χ3n) is 7.12. The van der Waals surface area contributed by atoms with E-state index in [4.69, 9.17) is 9.47 Å². The number of methoxy groups -OCH3 is 1. The number of aryl methyl sites for hydroxylation is 1. The highest BCUT2D eigenvalue weighted by Gasteiger charge is 2.30. The first-order chi connectivity index (χ1) is 14.8. The van der Waals surface area contributed by atoms with E-state index in [-0.39, 0.29) is 11.9 Å². The van der Waals surface area contributed by atoms with Gasteiger partial charge in [0.1, 0.15) is 5.75 Å². The molecule has 0 spiro atoms. The van der Waals surface area contributed by atoms with E-state index in [1.165, 1.54) is 36.3 Å². The van der Waals surface area contributed by atoms with Crippen molar-refractivity contribution in [3.8, 4) is 5.75 Å². The molecule has 31 heavy (non-hydrogen) atoms. The Bertz CT molecular complexity index is 856. The molecular formula is C28H40O3. The van der Waals surface area contributed by atoms with Gasteiger partial charge < -0.3 is 9.47 Å². The number of rotatable bonds is 8. The van der Waals surface area contributed by atoms with Crippen molar-refractivity contribution >= 4 is 16.7 Å². The average molecular weight is 425 g/mol. The van der Waals surface area contributed by atoms with Crippen LogP contribution in [0.2, 0.25) is 0 Å². The fourth-order valence-corrected chi connectivity index (χ4v) is 4.95. The summed E-state index contributed by atoms with van der Waals surface area (Å²) < 4.78 is 11.2. The summed E-state index contributed by atoms with van der Waals surface area (Å²) in [5.41, 5.74) is 1.73. The molecule has 1 aliphatic carbocycles. The van der Waals surface area contributed by atoms with Gasteiger partial charge in [0.25, 0.3) is 0 Å². The summed E-state index contributed by atoms with van der Waals surface area (Å²) in [6.07, 6.45) is 8.88. The van der Waals surface area contributed by atoms with Gasteiger partial charge in [-0.15, -0.1) is 0 Å². The van der Waals surface area contributed by atoms with Crippen molar-refractivity contribution in [1.29, 1.82) is 0 Å². The van der Waals surface area contributed by atoms with Crippen LogP contribution in [0, 0.1) is 17.3 Å². The Morgan fingerprint density at radius 2 is 1.71 bits per heavy atom. The van der Waals surface area contributed by atoms with Crippen LogP contribution < -0.4 is 4.74 Å². The highest BCUT2D eigenvalue weighted by Crippen LogP contribution is 2.39. The van der Waals surface area contributed by atoms with Crippen LogP contribution in [0.4, 0.5) is 0 Å². The highest BCUT2D eigenvalue weighted by molar-refractivity contribution is 5.84. The van der Waals surface area contributed by atoms with Crippen LogP contribution in [0.25, 0.3) is 10.8 Å². The minimum atomic E-state index is -0.0829.